The molecular weight excluding hydrogens is 260 g/mol. The van der Waals surface area contributed by atoms with Crippen LogP contribution in [0.1, 0.15) is 18.9 Å². The van der Waals surface area contributed by atoms with Crippen molar-refractivity contribution in [1.82, 2.24) is 0 Å². The van der Waals surface area contributed by atoms with Crippen molar-refractivity contribution in [3.63, 3.8) is 0 Å². The van der Waals surface area contributed by atoms with Crippen molar-refractivity contribution >= 4 is 17.9 Å². The first kappa shape index (κ1) is 15.6. The van der Waals surface area contributed by atoms with Gasteiger partial charge < -0.3 is 9.47 Å². The topological polar surface area (TPSA) is 69.7 Å². The fourth-order valence-corrected chi connectivity index (χ4v) is 1.33. The van der Waals surface area contributed by atoms with Gasteiger partial charge in [-0.25, -0.2) is 4.79 Å². The van der Waals surface area contributed by atoms with E-state index in [2.05, 4.69) is 11.3 Å². The molecule has 0 saturated carbocycles. The molecule has 1 aromatic rings. The zero-order valence-electron chi connectivity index (χ0n) is 11.3. The lowest BCUT2D eigenvalue weighted by Gasteiger charge is -2.04. The second kappa shape index (κ2) is 7.89. The fourth-order valence-electron chi connectivity index (χ4n) is 1.33. The molecule has 5 heteroatoms. The minimum absolute atomic E-state index is 0.0259. The molecule has 0 spiro atoms. The Balaban J connectivity index is 2.27. The van der Waals surface area contributed by atoms with Crippen molar-refractivity contribution in [2.45, 2.75) is 19.8 Å². The summed E-state index contributed by atoms with van der Waals surface area (Å²) in [4.78, 5) is 33.8. The van der Waals surface area contributed by atoms with E-state index < -0.39 is 17.9 Å². The van der Waals surface area contributed by atoms with Gasteiger partial charge in [0, 0.05) is 5.57 Å². The summed E-state index contributed by atoms with van der Waals surface area (Å²) in [6.07, 6.45) is -0.141. The number of hydrogen-bond donors (Lipinski definition) is 0. The van der Waals surface area contributed by atoms with E-state index in [-0.39, 0.29) is 25.0 Å². The van der Waals surface area contributed by atoms with E-state index in [9.17, 15) is 14.4 Å². The van der Waals surface area contributed by atoms with Crippen LogP contribution < -0.4 is 0 Å². The Morgan fingerprint density at radius 2 is 1.75 bits per heavy atom. The molecule has 0 N–H and O–H groups in total. The molecule has 0 fully saturated rings. The molecule has 1 aromatic carbocycles. The maximum Gasteiger partial charge on any atom is 0.333 e. The van der Waals surface area contributed by atoms with E-state index in [1.807, 2.05) is 6.07 Å². The first-order chi connectivity index (χ1) is 9.49. The Morgan fingerprint density at radius 3 is 2.35 bits per heavy atom. The summed E-state index contributed by atoms with van der Waals surface area (Å²) in [7, 11) is 0. The van der Waals surface area contributed by atoms with Gasteiger partial charge in [0.15, 0.2) is 0 Å². The highest BCUT2D eigenvalue weighted by atomic mass is 16.6. The van der Waals surface area contributed by atoms with E-state index in [4.69, 9.17) is 4.74 Å². The zero-order chi connectivity index (χ0) is 15.0. The first-order valence-electron chi connectivity index (χ1n) is 6.09. The van der Waals surface area contributed by atoms with E-state index in [0.29, 0.717) is 0 Å². The standard InChI is InChI=1S/C15H16O5/c1-11(2)15(18)19-9-8-13(16)20-14(17)10-12-6-4-3-5-7-12/h3-7H,1,8-10H2,2H3. The summed E-state index contributed by atoms with van der Waals surface area (Å²) >= 11 is 0. The Morgan fingerprint density at radius 1 is 1.10 bits per heavy atom. The van der Waals surface area contributed by atoms with Crippen molar-refractivity contribution in [3.8, 4) is 0 Å². The molecule has 0 aliphatic carbocycles. The van der Waals surface area contributed by atoms with Gasteiger partial charge in [-0.15, -0.1) is 0 Å². The van der Waals surface area contributed by atoms with Crippen LogP contribution in [0.4, 0.5) is 0 Å². The van der Waals surface area contributed by atoms with Gasteiger partial charge in [-0.3, -0.25) is 9.59 Å². The second-order valence-corrected chi connectivity index (χ2v) is 4.17. The van der Waals surface area contributed by atoms with Crippen LogP contribution in [0.3, 0.4) is 0 Å². The van der Waals surface area contributed by atoms with Crippen molar-refractivity contribution in [3.05, 3.63) is 48.0 Å². The predicted octanol–water partition coefficient (Wildman–Crippen LogP) is 1.81. The van der Waals surface area contributed by atoms with E-state index in [1.54, 1.807) is 24.3 Å². The first-order valence-corrected chi connectivity index (χ1v) is 6.09. The monoisotopic (exact) mass is 276 g/mol. The van der Waals surface area contributed by atoms with Gasteiger partial charge in [-0.2, -0.15) is 0 Å². The number of esters is 3. The van der Waals surface area contributed by atoms with Crippen LogP contribution in [0, 0.1) is 0 Å². The third-order valence-electron chi connectivity index (χ3n) is 2.31. The van der Waals surface area contributed by atoms with Crippen molar-refractivity contribution in [2.24, 2.45) is 0 Å². The molecular formula is C15H16O5. The van der Waals surface area contributed by atoms with Crippen molar-refractivity contribution in [2.75, 3.05) is 6.61 Å². The van der Waals surface area contributed by atoms with Gasteiger partial charge in [0.25, 0.3) is 0 Å². The third-order valence-corrected chi connectivity index (χ3v) is 2.31. The largest absolute Gasteiger partial charge is 0.462 e. The second-order valence-electron chi connectivity index (χ2n) is 4.17. The minimum Gasteiger partial charge on any atom is -0.462 e. The third kappa shape index (κ3) is 5.95. The lowest BCUT2D eigenvalue weighted by Crippen LogP contribution is -2.17. The highest BCUT2D eigenvalue weighted by Crippen LogP contribution is 2.02. The minimum atomic E-state index is -0.722. The zero-order valence-corrected chi connectivity index (χ0v) is 11.3. The van der Waals surface area contributed by atoms with Crippen molar-refractivity contribution < 1.29 is 23.9 Å². The molecule has 0 aliphatic heterocycles. The Labute approximate surface area is 117 Å². The molecule has 0 amide bonds. The molecule has 0 unspecified atom stereocenters. The molecule has 20 heavy (non-hydrogen) atoms. The number of carbonyl (C=O) groups is 3. The molecule has 1 rings (SSSR count). The SMILES string of the molecule is C=C(C)C(=O)OCCC(=O)OC(=O)Cc1ccccc1. The molecule has 0 atom stereocenters. The number of benzene rings is 1. The molecule has 5 nitrogen and oxygen atoms in total. The van der Waals surface area contributed by atoms with Crippen LogP contribution in [0.5, 0.6) is 0 Å². The Kier molecular flexibility index (Phi) is 6.16. The van der Waals surface area contributed by atoms with Crippen LogP contribution in [0.15, 0.2) is 42.5 Å². The summed E-state index contributed by atoms with van der Waals surface area (Å²) in [5.41, 5.74) is 1.01. The van der Waals surface area contributed by atoms with Crippen LogP contribution in [0.2, 0.25) is 0 Å². The maximum atomic E-state index is 11.5. The summed E-state index contributed by atoms with van der Waals surface area (Å²) in [6, 6.07) is 8.94. The molecule has 0 aromatic heterocycles. The van der Waals surface area contributed by atoms with Gasteiger partial charge in [0.05, 0.1) is 12.8 Å². The smallest absolute Gasteiger partial charge is 0.333 e. The normalized spacial score (nSPS) is 9.65. The number of hydrogen-bond acceptors (Lipinski definition) is 5. The Bertz CT molecular complexity index is 504. The van der Waals surface area contributed by atoms with Crippen molar-refractivity contribution in [1.29, 1.82) is 0 Å². The van der Waals surface area contributed by atoms with Gasteiger partial charge in [0.2, 0.25) is 0 Å². The average molecular weight is 276 g/mol. The van der Waals surface area contributed by atoms with Gasteiger partial charge in [0.1, 0.15) is 6.61 Å². The van der Waals surface area contributed by atoms with E-state index in [0.717, 1.165) is 5.56 Å². The number of rotatable bonds is 6. The summed E-state index contributed by atoms with van der Waals surface area (Å²) in [6.45, 7) is 4.77. The summed E-state index contributed by atoms with van der Waals surface area (Å²) in [5, 5.41) is 0. The summed E-state index contributed by atoms with van der Waals surface area (Å²) < 4.78 is 9.33. The summed E-state index contributed by atoms with van der Waals surface area (Å²) in [5.74, 6) is -1.93. The molecule has 0 aliphatic rings. The molecule has 0 saturated heterocycles. The van der Waals surface area contributed by atoms with Gasteiger partial charge >= 0.3 is 17.9 Å². The number of ether oxygens (including phenoxy) is 2. The Hall–Kier alpha value is -2.43. The quantitative estimate of drug-likeness (QED) is 0.450. The van der Waals surface area contributed by atoms with E-state index >= 15 is 0 Å². The molecule has 0 heterocycles. The number of carbonyl (C=O) groups excluding carboxylic acids is 3. The van der Waals surface area contributed by atoms with Gasteiger partial charge in [-0.1, -0.05) is 36.9 Å². The fraction of sp³-hybridized carbons (Fsp3) is 0.267. The molecule has 0 bridgehead atoms. The van der Waals surface area contributed by atoms with E-state index in [1.165, 1.54) is 6.92 Å². The van der Waals surface area contributed by atoms with Crippen LogP contribution in [0.25, 0.3) is 0 Å². The highest BCUT2D eigenvalue weighted by molar-refractivity contribution is 5.88. The molecule has 0 radical (unpaired) electrons. The van der Waals surface area contributed by atoms with Gasteiger partial charge in [-0.05, 0) is 12.5 Å². The lowest BCUT2D eigenvalue weighted by molar-refractivity contribution is -0.160. The molecule has 106 valence electrons. The highest BCUT2D eigenvalue weighted by Gasteiger charge is 2.12. The van der Waals surface area contributed by atoms with Crippen LogP contribution in [-0.2, 0) is 30.3 Å². The maximum absolute atomic E-state index is 11.5. The lowest BCUT2D eigenvalue weighted by atomic mass is 10.2. The predicted molar refractivity (Wildman–Crippen MR) is 71.6 cm³/mol. The van der Waals surface area contributed by atoms with Crippen LogP contribution in [-0.4, -0.2) is 24.5 Å². The average Bonchev–Trinajstić information content (AvgIpc) is 2.39. The van der Waals surface area contributed by atoms with Crippen LogP contribution >= 0.6 is 0 Å².